The van der Waals surface area contributed by atoms with Crippen LogP contribution in [-0.2, 0) is 32.2 Å². The van der Waals surface area contributed by atoms with Crippen LogP contribution in [0.4, 0.5) is 0 Å². The Balaban J connectivity index is 0.000000144. The molecule has 0 radical (unpaired) electrons. The van der Waals surface area contributed by atoms with Gasteiger partial charge in [-0.15, -0.1) is 0 Å². The van der Waals surface area contributed by atoms with Gasteiger partial charge < -0.3 is 37.5 Å². The molecule has 4 fully saturated rings. The number of Topliss-reactive ketones (excluding diaryl/α,β-unsaturated/α-hetero) is 2. The third-order valence-corrected chi connectivity index (χ3v) is 13.8. The summed E-state index contributed by atoms with van der Waals surface area (Å²) in [5, 5.41) is 8.36. The number of aromatic nitrogens is 2. The summed E-state index contributed by atoms with van der Waals surface area (Å²) in [4.78, 5) is 32.5. The van der Waals surface area contributed by atoms with E-state index in [0.29, 0.717) is 47.4 Å². The standard InChI is InChI=1S/2C23H24N2O5.CH4/c2*1-27-17-12-15-11-16-19(25-9-5-6-10-25)20-18(21(26)23(16,17)29-15)22(24-30-20)28-13-14-7-3-2-4-8-14;/h2*2-4,7-8,12,15-16,19H,5-6,9-11,13H2,1H3;1H4/t15-,16?,19+,23+;15-,16?,19-,23+;/m10./s1. The summed E-state index contributed by atoms with van der Waals surface area (Å²) in [6.45, 7) is 4.53. The molecule has 14 nitrogen and oxygen atoms in total. The van der Waals surface area contributed by atoms with Gasteiger partial charge in [-0.25, -0.2) is 0 Å². The number of rotatable bonds is 10. The molecule has 12 rings (SSSR count). The van der Waals surface area contributed by atoms with Crippen LogP contribution in [0.2, 0.25) is 0 Å². The molecule has 8 atom stereocenters. The van der Waals surface area contributed by atoms with Crippen molar-refractivity contribution in [2.75, 3.05) is 40.4 Å². The van der Waals surface area contributed by atoms with E-state index in [1.165, 1.54) is 0 Å². The van der Waals surface area contributed by atoms with Crippen molar-refractivity contribution >= 4 is 11.6 Å². The summed E-state index contributed by atoms with van der Waals surface area (Å²) in [6.07, 6.45) is 9.79. The third-order valence-electron chi connectivity index (χ3n) is 13.8. The Hall–Kier alpha value is -5.28. The zero-order valence-corrected chi connectivity index (χ0v) is 33.7. The Morgan fingerprint density at radius 3 is 1.39 bits per heavy atom. The Kier molecular flexibility index (Phi) is 10.2. The van der Waals surface area contributed by atoms with Gasteiger partial charge in [0.25, 0.3) is 11.8 Å². The van der Waals surface area contributed by atoms with Crippen molar-refractivity contribution in [1.29, 1.82) is 0 Å². The molecule has 4 aromatic rings. The largest absolute Gasteiger partial charge is 0.498 e. The fraction of sp³-hybridized carbons (Fsp3) is 0.489. The highest BCUT2D eigenvalue weighted by molar-refractivity contribution is 6.10. The maximum Gasteiger partial charge on any atom is 0.265 e. The molecule has 0 amide bonds. The van der Waals surface area contributed by atoms with E-state index in [1.807, 2.05) is 72.8 Å². The molecule has 2 unspecified atom stereocenters. The maximum atomic E-state index is 13.9. The van der Waals surface area contributed by atoms with Gasteiger partial charge in [-0.2, -0.15) is 0 Å². The molecule has 2 aromatic carbocycles. The first-order valence-corrected chi connectivity index (χ1v) is 21.2. The molecule has 8 aliphatic rings. The molecular weight excluding hydrogens is 781 g/mol. The van der Waals surface area contributed by atoms with Crippen molar-refractivity contribution in [3.63, 3.8) is 0 Å². The van der Waals surface area contributed by atoms with Gasteiger partial charge in [0.2, 0.25) is 11.6 Å². The lowest BCUT2D eigenvalue weighted by molar-refractivity contribution is -0.0339. The van der Waals surface area contributed by atoms with Crippen LogP contribution in [0.1, 0.15) is 101 Å². The summed E-state index contributed by atoms with van der Waals surface area (Å²) in [5.41, 5.74) is 0.612. The predicted octanol–water partition coefficient (Wildman–Crippen LogP) is 7.19. The monoisotopic (exact) mass is 832 g/mol. The smallest absolute Gasteiger partial charge is 0.265 e. The first kappa shape index (κ1) is 39.8. The van der Waals surface area contributed by atoms with Gasteiger partial charge in [0.1, 0.15) is 35.9 Å². The highest BCUT2D eigenvalue weighted by atomic mass is 16.6. The molecule has 4 bridgehead atoms. The van der Waals surface area contributed by atoms with E-state index >= 15 is 0 Å². The van der Waals surface area contributed by atoms with E-state index in [9.17, 15) is 9.59 Å². The van der Waals surface area contributed by atoms with Gasteiger partial charge in [0, 0.05) is 11.8 Å². The topological polar surface area (TPSA) is 148 Å². The first-order chi connectivity index (χ1) is 29.4. The van der Waals surface area contributed by atoms with Crippen molar-refractivity contribution in [2.45, 2.75) is 94.7 Å². The van der Waals surface area contributed by atoms with Gasteiger partial charge in [-0.1, -0.05) is 68.1 Å². The fourth-order valence-electron chi connectivity index (χ4n) is 11.3. The molecule has 4 saturated heterocycles. The van der Waals surface area contributed by atoms with Crippen molar-refractivity contribution in [2.24, 2.45) is 11.8 Å². The Morgan fingerprint density at radius 1 is 0.623 bits per heavy atom. The molecule has 2 aromatic heterocycles. The van der Waals surface area contributed by atoms with E-state index in [0.717, 1.165) is 75.8 Å². The second-order valence-electron chi connectivity index (χ2n) is 17.0. The van der Waals surface area contributed by atoms with E-state index in [2.05, 4.69) is 20.1 Å². The number of ketones is 2. The van der Waals surface area contributed by atoms with Gasteiger partial charge in [-0.3, -0.25) is 19.4 Å². The van der Waals surface area contributed by atoms with E-state index in [-0.39, 0.29) is 66.9 Å². The van der Waals surface area contributed by atoms with Crippen LogP contribution in [0.3, 0.4) is 0 Å². The fourth-order valence-corrected chi connectivity index (χ4v) is 11.3. The highest BCUT2D eigenvalue weighted by Crippen LogP contribution is 2.61. The van der Waals surface area contributed by atoms with Crippen LogP contribution in [-0.4, -0.2) is 95.5 Å². The molecule has 61 heavy (non-hydrogen) atoms. The minimum Gasteiger partial charge on any atom is -0.498 e. The van der Waals surface area contributed by atoms with Crippen molar-refractivity contribution < 1.29 is 47.1 Å². The number of carbonyl (C=O) groups excluding carboxylic acids is 2. The summed E-state index contributed by atoms with van der Waals surface area (Å²) >= 11 is 0. The van der Waals surface area contributed by atoms with Gasteiger partial charge in [0.05, 0.1) is 38.5 Å². The summed E-state index contributed by atoms with van der Waals surface area (Å²) in [6, 6.07) is 19.5. The SMILES string of the molecule is C.COC1=C[C@@H]2CC3[C@H](N4CCCC4)c4onc(OCc5ccccc5)c4C(=O)[C@]13O2.COC1=C[C@H]2CC3[C@H](N4CCCC4)c4onc(OCc5ccccc5)c4C(=O)[C@@]13O2. The number of methoxy groups -OCH3 is 2. The molecule has 2 spiro atoms. The second-order valence-corrected chi connectivity index (χ2v) is 17.0. The number of benzene rings is 2. The zero-order valence-electron chi connectivity index (χ0n) is 33.7. The van der Waals surface area contributed by atoms with Crippen molar-refractivity contribution in [3.05, 3.63) is 118 Å². The molecule has 0 N–H and O–H groups in total. The van der Waals surface area contributed by atoms with E-state index < -0.39 is 11.2 Å². The lowest BCUT2D eigenvalue weighted by Gasteiger charge is -2.43. The van der Waals surface area contributed by atoms with Gasteiger partial charge in [0.15, 0.2) is 22.7 Å². The Morgan fingerprint density at radius 2 is 1.02 bits per heavy atom. The van der Waals surface area contributed by atoms with Crippen LogP contribution in [0.25, 0.3) is 0 Å². The molecular formula is C47H52N4O10. The second kappa shape index (κ2) is 15.6. The minimum atomic E-state index is -1.10. The van der Waals surface area contributed by atoms with Crippen molar-refractivity contribution in [1.82, 2.24) is 20.1 Å². The average molecular weight is 833 g/mol. The zero-order chi connectivity index (χ0) is 40.6. The van der Waals surface area contributed by atoms with Gasteiger partial charge >= 0.3 is 0 Å². The molecule has 8 heterocycles. The number of likely N-dealkylation sites (tertiary alicyclic amines) is 2. The number of nitrogens with zero attached hydrogens (tertiary/aromatic N) is 4. The number of fused-ring (bicyclic) bond motifs is 4. The van der Waals surface area contributed by atoms with E-state index in [4.69, 9.17) is 37.5 Å². The van der Waals surface area contributed by atoms with Crippen LogP contribution in [0.5, 0.6) is 11.8 Å². The molecule has 14 heteroatoms. The van der Waals surface area contributed by atoms with Crippen molar-refractivity contribution in [3.8, 4) is 11.8 Å². The number of hydrogen-bond donors (Lipinski definition) is 0. The molecule has 2 aliphatic carbocycles. The number of hydrogen-bond acceptors (Lipinski definition) is 14. The maximum absolute atomic E-state index is 13.9. The summed E-state index contributed by atoms with van der Waals surface area (Å²) < 4.78 is 47.4. The first-order valence-electron chi connectivity index (χ1n) is 21.2. The van der Waals surface area contributed by atoms with Crippen LogP contribution in [0.15, 0.2) is 93.4 Å². The number of carbonyl (C=O) groups is 2. The minimum absolute atomic E-state index is 0. The number of ether oxygens (including phenoxy) is 6. The third kappa shape index (κ3) is 6.04. The lowest BCUT2D eigenvalue weighted by atomic mass is 9.67. The summed E-state index contributed by atoms with van der Waals surface area (Å²) in [7, 11) is 3.21. The Labute approximate surface area is 354 Å². The van der Waals surface area contributed by atoms with Crippen LogP contribution >= 0.6 is 0 Å². The average Bonchev–Trinajstić information content (AvgIpc) is 4.15. The van der Waals surface area contributed by atoms with Gasteiger partial charge in [-0.05, 0) is 98.3 Å². The predicted molar refractivity (Wildman–Crippen MR) is 219 cm³/mol. The molecule has 0 saturated carbocycles. The summed E-state index contributed by atoms with van der Waals surface area (Å²) in [5.74, 6) is 2.53. The van der Waals surface area contributed by atoms with Crippen LogP contribution < -0.4 is 9.47 Å². The quantitative estimate of drug-likeness (QED) is 0.159. The van der Waals surface area contributed by atoms with E-state index in [1.54, 1.807) is 14.2 Å². The van der Waals surface area contributed by atoms with Crippen LogP contribution in [0, 0.1) is 11.8 Å². The lowest BCUT2D eigenvalue weighted by Crippen LogP contribution is -2.54. The Bertz CT molecular complexity index is 2180. The highest BCUT2D eigenvalue weighted by Gasteiger charge is 2.70. The normalized spacial score (nSPS) is 31.6. The molecule has 320 valence electrons. The molecule has 6 aliphatic heterocycles.